The fourth-order valence-corrected chi connectivity index (χ4v) is 3.59. The molecule has 0 unspecified atom stereocenters. The molecule has 6 nitrogen and oxygen atoms in total. The Labute approximate surface area is 190 Å². The molecule has 2 amide bonds. The van der Waals surface area contributed by atoms with Gasteiger partial charge in [0.05, 0.1) is 34.6 Å². The van der Waals surface area contributed by atoms with E-state index in [1.807, 2.05) is 48.5 Å². The monoisotopic (exact) mass is 445 g/mol. The number of amides is 2. The minimum atomic E-state index is -0.312. The highest BCUT2D eigenvalue weighted by molar-refractivity contribution is 6.34. The summed E-state index contributed by atoms with van der Waals surface area (Å²) in [6, 6.07) is 21.6. The van der Waals surface area contributed by atoms with Gasteiger partial charge in [0.25, 0.3) is 5.91 Å². The van der Waals surface area contributed by atoms with Crippen LogP contribution < -0.4 is 15.4 Å². The number of halogens is 1. The summed E-state index contributed by atoms with van der Waals surface area (Å²) in [6.07, 6.45) is 0. The molecule has 3 aromatic carbocycles. The molecule has 7 heteroatoms. The normalized spacial score (nSPS) is 10.6. The SMILES string of the molecule is COc1ccc(-c2cc(C(=O)Nc3ccc(NC(C)=O)cc3Cl)c3ccccc3n2)cc1. The number of nitrogens with one attached hydrogen (secondary N) is 2. The van der Waals surface area contributed by atoms with Gasteiger partial charge in [0, 0.05) is 23.6 Å². The number of methoxy groups -OCH3 is 1. The lowest BCUT2D eigenvalue weighted by Crippen LogP contribution is -2.14. The molecular weight excluding hydrogens is 426 g/mol. The molecule has 0 aliphatic heterocycles. The number of carbonyl (C=O) groups excluding carboxylic acids is 2. The number of anilines is 2. The van der Waals surface area contributed by atoms with Gasteiger partial charge in [0.2, 0.25) is 5.91 Å². The highest BCUT2D eigenvalue weighted by Gasteiger charge is 2.16. The van der Waals surface area contributed by atoms with Gasteiger partial charge in [-0.05, 0) is 54.6 Å². The van der Waals surface area contributed by atoms with Gasteiger partial charge in [0.1, 0.15) is 5.75 Å². The summed E-state index contributed by atoms with van der Waals surface area (Å²) in [5, 5.41) is 6.58. The number of nitrogens with zero attached hydrogens (tertiary/aromatic N) is 1. The van der Waals surface area contributed by atoms with E-state index in [-0.39, 0.29) is 11.8 Å². The largest absolute Gasteiger partial charge is 0.497 e. The summed E-state index contributed by atoms with van der Waals surface area (Å²) in [4.78, 5) is 29.2. The second kappa shape index (κ2) is 9.08. The summed E-state index contributed by atoms with van der Waals surface area (Å²) in [5.41, 5.74) is 3.71. The van der Waals surface area contributed by atoms with E-state index in [1.165, 1.54) is 6.92 Å². The molecule has 0 bridgehead atoms. The molecule has 1 aromatic heterocycles. The van der Waals surface area contributed by atoms with Crippen molar-refractivity contribution in [3.63, 3.8) is 0 Å². The number of pyridine rings is 1. The summed E-state index contributed by atoms with van der Waals surface area (Å²) >= 11 is 6.33. The molecule has 0 fully saturated rings. The number of fused-ring (bicyclic) bond motifs is 1. The van der Waals surface area contributed by atoms with Crippen molar-refractivity contribution in [3.8, 4) is 17.0 Å². The molecule has 4 rings (SSSR count). The highest BCUT2D eigenvalue weighted by atomic mass is 35.5. The van der Waals surface area contributed by atoms with Crippen LogP contribution >= 0.6 is 11.6 Å². The van der Waals surface area contributed by atoms with Crippen LogP contribution in [0.3, 0.4) is 0 Å². The Morgan fingerprint density at radius 1 is 0.938 bits per heavy atom. The Balaban J connectivity index is 1.71. The van der Waals surface area contributed by atoms with Gasteiger partial charge in [-0.2, -0.15) is 0 Å². The summed E-state index contributed by atoms with van der Waals surface area (Å²) in [5.74, 6) is 0.226. The van der Waals surface area contributed by atoms with Gasteiger partial charge < -0.3 is 15.4 Å². The number of carbonyl (C=O) groups is 2. The molecule has 0 spiro atoms. The highest BCUT2D eigenvalue weighted by Crippen LogP contribution is 2.29. The number of ether oxygens (including phenoxy) is 1. The first-order valence-corrected chi connectivity index (χ1v) is 10.2. The van der Waals surface area contributed by atoms with Crippen LogP contribution in [-0.4, -0.2) is 23.9 Å². The lowest BCUT2D eigenvalue weighted by atomic mass is 10.0. The molecule has 4 aromatic rings. The predicted molar refractivity (Wildman–Crippen MR) is 127 cm³/mol. The fraction of sp³-hybridized carbons (Fsp3) is 0.0800. The van der Waals surface area contributed by atoms with E-state index < -0.39 is 0 Å². The van der Waals surface area contributed by atoms with Crippen LogP contribution in [0.25, 0.3) is 22.2 Å². The first-order chi connectivity index (χ1) is 15.4. The van der Waals surface area contributed by atoms with Gasteiger partial charge in [-0.25, -0.2) is 4.98 Å². The van der Waals surface area contributed by atoms with Crippen LogP contribution in [0.5, 0.6) is 5.75 Å². The molecule has 0 radical (unpaired) electrons. The van der Waals surface area contributed by atoms with Crippen LogP contribution in [0.4, 0.5) is 11.4 Å². The quantitative estimate of drug-likeness (QED) is 0.408. The third-order valence-electron chi connectivity index (χ3n) is 4.88. The number of aromatic nitrogens is 1. The van der Waals surface area contributed by atoms with Crippen molar-refractivity contribution in [1.82, 2.24) is 4.98 Å². The lowest BCUT2D eigenvalue weighted by Gasteiger charge is -2.12. The van der Waals surface area contributed by atoms with Gasteiger partial charge in [-0.1, -0.05) is 29.8 Å². The van der Waals surface area contributed by atoms with Crippen molar-refractivity contribution in [2.24, 2.45) is 0 Å². The Morgan fingerprint density at radius 2 is 1.69 bits per heavy atom. The first kappa shape index (κ1) is 21.3. The van der Waals surface area contributed by atoms with Crippen molar-refractivity contribution < 1.29 is 14.3 Å². The van der Waals surface area contributed by atoms with Crippen molar-refractivity contribution in [3.05, 3.63) is 83.4 Å². The number of para-hydroxylation sites is 1. The van der Waals surface area contributed by atoms with Crippen molar-refractivity contribution in [1.29, 1.82) is 0 Å². The second-order valence-corrected chi connectivity index (χ2v) is 7.54. The molecule has 1 heterocycles. The maximum Gasteiger partial charge on any atom is 0.256 e. The average molecular weight is 446 g/mol. The minimum Gasteiger partial charge on any atom is -0.497 e. The van der Waals surface area contributed by atoms with Gasteiger partial charge in [0.15, 0.2) is 0 Å². The molecule has 0 aliphatic carbocycles. The third kappa shape index (κ3) is 4.55. The van der Waals surface area contributed by atoms with E-state index in [2.05, 4.69) is 10.6 Å². The second-order valence-electron chi connectivity index (χ2n) is 7.13. The van der Waals surface area contributed by atoms with E-state index in [0.29, 0.717) is 33.2 Å². The van der Waals surface area contributed by atoms with Crippen molar-refractivity contribution in [2.45, 2.75) is 6.92 Å². The molecule has 0 saturated heterocycles. The number of hydrogen-bond acceptors (Lipinski definition) is 4. The zero-order valence-electron chi connectivity index (χ0n) is 17.5. The number of benzene rings is 3. The van der Waals surface area contributed by atoms with E-state index in [0.717, 1.165) is 16.7 Å². The Morgan fingerprint density at radius 3 is 2.38 bits per heavy atom. The summed E-state index contributed by atoms with van der Waals surface area (Å²) in [6.45, 7) is 1.42. The molecule has 2 N–H and O–H groups in total. The topological polar surface area (TPSA) is 80.3 Å². The fourth-order valence-electron chi connectivity index (χ4n) is 3.36. The first-order valence-electron chi connectivity index (χ1n) is 9.87. The van der Waals surface area contributed by atoms with Crippen molar-refractivity contribution in [2.75, 3.05) is 17.7 Å². The number of rotatable bonds is 5. The lowest BCUT2D eigenvalue weighted by molar-refractivity contribution is -0.114. The Hall–Kier alpha value is -3.90. The van der Waals surface area contributed by atoms with E-state index >= 15 is 0 Å². The van der Waals surface area contributed by atoms with E-state index in [4.69, 9.17) is 21.3 Å². The smallest absolute Gasteiger partial charge is 0.256 e. The van der Waals surface area contributed by atoms with Gasteiger partial charge >= 0.3 is 0 Å². The summed E-state index contributed by atoms with van der Waals surface area (Å²) in [7, 11) is 1.61. The molecule has 0 atom stereocenters. The number of hydrogen-bond donors (Lipinski definition) is 2. The molecular formula is C25H20ClN3O3. The predicted octanol–water partition coefficient (Wildman–Crippen LogP) is 5.77. The molecule has 0 aliphatic rings. The minimum absolute atomic E-state index is 0.202. The van der Waals surface area contributed by atoms with Crippen LogP contribution in [0.2, 0.25) is 5.02 Å². The zero-order valence-corrected chi connectivity index (χ0v) is 18.2. The van der Waals surface area contributed by atoms with E-state index in [9.17, 15) is 9.59 Å². The Bertz CT molecular complexity index is 1320. The van der Waals surface area contributed by atoms with Gasteiger partial charge in [-0.15, -0.1) is 0 Å². The van der Waals surface area contributed by atoms with E-state index in [1.54, 1.807) is 31.4 Å². The summed E-state index contributed by atoms with van der Waals surface area (Å²) < 4.78 is 5.22. The molecule has 32 heavy (non-hydrogen) atoms. The molecule has 0 saturated carbocycles. The van der Waals surface area contributed by atoms with Crippen LogP contribution in [0, 0.1) is 0 Å². The zero-order chi connectivity index (χ0) is 22.7. The van der Waals surface area contributed by atoms with Crippen molar-refractivity contribution >= 4 is 45.7 Å². The van der Waals surface area contributed by atoms with Gasteiger partial charge in [-0.3, -0.25) is 9.59 Å². The third-order valence-corrected chi connectivity index (χ3v) is 5.20. The van der Waals surface area contributed by atoms with Crippen LogP contribution in [0.1, 0.15) is 17.3 Å². The maximum absolute atomic E-state index is 13.2. The molecule has 160 valence electrons. The van der Waals surface area contributed by atoms with Crippen LogP contribution in [-0.2, 0) is 4.79 Å². The average Bonchev–Trinajstić information content (AvgIpc) is 2.79. The Kier molecular flexibility index (Phi) is 6.05. The van der Waals surface area contributed by atoms with Crippen LogP contribution in [0.15, 0.2) is 72.8 Å². The standard InChI is InChI=1S/C25H20ClN3O3/c1-15(30)27-17-9-12-23(21(26)13-17)29-25(31)20-14-24(16-7-10-18(32-2)11-8-16)28-22-6-4-3-5-19(20)22/h3-14H,1-2H3,(H,27,30)(H,29,31). The maximum atomic E-state index is 13.2.